The molecule has 0 aliphatic heterocycles. The summed E-state index contributed by atoms with van der Waals surface area (Å²) in [5, 5.41) is 0. The average molecular weight is 892 g/mol. The van der Waals surface area contributed by atoms with Gasteiger partial charge in [-0.3, -0.25) is 14.4 Å². The first-order chi connectivity index (χ1) is 30.9. The summed E-state index contributed by atoms with van der Waals surface area (Å²) < 4.78 is 16.8. The second-order valence-electron chi connectivity index (χ2n) is 20.1. The van der Waals surface area contributed by atoms with Crippen LogP contribution in [0, 0.1) is 5.92 Å². The summed E-state index contributed by atoms with van der Waals surface area (Å²) in [6, 6.07) is 0. The monoisotopic (exact) mass is 891 g/mol. The maximum absolute atomic E-state index is 12.8. The first kappa shape index (κ1) is 61.4. The molecular formula is C57H110O6. The summed E-state index contributed by atoms with van der Waals surface area (Å²) in [7, 11) is 0. The minimum atomic E-state index is -0.762. The van der Waals surface area contributed by atoms with Crippen LogP contribution >= 0.6 is 0 Å². The van der Waals surface area contributed by atoms with Crippen LogP contribution in [0.25, 0.3) is 0 Å². The summed E-state index contributed by atoms with van der Waals surface area (Å²) >= 11 is 0. The molecule has 0 saturated carbocycles. The van der Waals surface area contributed by atoms with Crippen LogP contribution in [-0.4, -0.2) is 37.2 Å². The van der Waals surface area contributed by atoms with Crippen molar-refractivity contribution >= 4 is 17.9 Å². The van der Waals surface area contributed by atoms with E-state index in [2.05, 4.69) is 27.7 Å². The van der Waals surface area contributed by atoms with Crippen LogP contribution in [0.15, 0.2) is 0 Å². The molecule has 374 valence electrons. The van der Waals surface area contributed by atoms with Crippen LogP contribution in [0.3, 0.4) is 0 Å². The van der Waals surface area contributed by atoms with Crippen molar-refractivity contribution in [3.63, 3.8) is 0 Å². The van der Waals surface area contributed by atoms with E-state index < -0.39 is 6.10 Å². The fourth-order valence-corrected chi connectivity index (χ4v) is 8.75. The van der Waals surface area contributed by atoms with Gasteiger partial charge in [-0.05, 0) is 25.2 Å². The zero-order chi connectivity index (χ0) is 45.9. The number of carbonyl (C=O) groups excluding carboxylic acids is 3. The Morgan fingerprint density at radius 3 is 0.778 bits per heavy atom. The van der Waals surface area contributed by atoms with Gasteiger partial charge in [-0.15, -0.1) is 0 Å². The fraction of sp³-hybridized carbons (Fsp3) is 0.947. The van der Waals surface area contributed by atoms with Crippen LogP contribution in [-0.2, 0) is 28.6 Å². The first-order valence-corrected chi connectivity index (χ1v) is 28.4. The van der Waals surface area contributed by atoms with E-state index in [9.17, 15) is 14.4 Å². The second-order valence-corrected chi connectivity index (χ2v) is 20.1. The van der Waals surface area contributed by atoms with Gasteiger partial charge in [-0.1, -0.05) is 285 Å². The molecule has 1 atom stereocenters. The highest BCUT2D eigenvalue weighted by molar-refractivity contribution is 5.71. The molecule has 0 radical (unpaired) electrons. The van der Waals surface area contributed by atoms with E-state index in [1.165, 1.54) is 218 Å². The molecule has 0 heterocycles. The van der Waals surface area contributed by atoms with Gasteiger partial charge < -0.3 is 14.2 Å². The second kappa shape index (κ2) is 51.4. The van der Waals surface area contributed by atoms with E-state index in [1.807, 2.05) is 0 Å². The van der Waals surface area contributed by atoms with E-state index in [4.69, 9.17) is 14.2 Å². The highest BCUT2D eigenvalue weighted by Crippen LogP contribution is 2.18. The fourth-order valence-electron chi connectivity index (χ4n) is 8.75. The third-order valence-corrected chi connectivity index (χ3v) is 13.0. The first-order valence-electron chi connectivity index (χ1n) is 28.4. The van der Waals surface area contributed by atoms with Gasteiger partial charge in [0.1, 0.15) is 13.2 Å². The topological polar surface area (TPSA) is 78.9 Å². The Morgan fingerprint density at radius 1 is 0.302 bits per heavy atom. The Balaban J connectivity index is 4.21. The van der Waals surface area contributed by atoms with Crippen LogP contribution in [0.2, 0.25) is 0 Å². The molecule has 6 heteroatoms. The summed E-state index contributed by atoms with van der Waals surface area (Å²) in [5.74, 6) is -0.0640. The molecule has 0 aliphatic carbocycles. The van der Waals surface area contributed by atoms with Crippen molar-refractivity contribution in [3.05, 3.63) is 0 Å². The standard InChI is InChI=1S/C57H110O6/c1-5-7-9-11-13-15-17-19-21-23-25-27-29-31-33-37-41-45-49-56(59)62-52-54(63-57(60)50-46-42-38-34-35-39-43-47-53(3)4)51-61-55(58)48-44-40-36-32-30-28-26-24-22-20-18-16-14-12-10-8-6-2/h53-54H,5-52H2,1-4H3/t54-/m0/s1. The van der Waals surface area contributed by atoms with E-state index in [0.29, 0.717) is 19.3 Å². The smallest absolute Gasteiger partial charge is 0.306 e. The molecule has 0 fully saturated rings. The molecule has 0 aliphatic rings. The Hall–Kier alpha value is -1.59. The molecule has 0 aromatic carbocycles. The Labute approximate surface area is 393 Å². The predicted molar refractivity (Wildman–Crippen MR) is 270 cm³/mol. The van der Waals surface area contributed by atoms with E-state index in [-0.39, 0.29) is 31.1 Å². The van der Waals surface area contributed by atoms with Crippen molar-refractivity contribution in [3.8, 4) is 0 Å². The van der Waals surface area contributed by atoms with Crippen LogP contribution < -0.4 is 0 Å². The Bertz CT molecular complexity index is 949. The van der Waals surface area contributed by atoms with Gasteiger partial charge in [0.05, 0.1) is 0 Å². The summed E-state index contributed by atoms with van der Waals surface area (Å²) in [6.45, 7) is 9.00. The number of hydrogen-bond acceptors (Lipinski definition) is 6. The highest BCUT2D eigenvalue weighted by Gasteiger charge is 2.19. The molecule has 0 aromatic heterocycles. The van der Waals surface area contributed by atoms with Crippen molar-refractivity contribution in [1.29, 1.82) is 0 Å². The van der Waals surface area contributed by atoms with E-state index in [0.717, 1.165) is 63.7 Å². The Kier molecular flexibility index (Phi) is 50.1. The summed E-state index contributed by atoms with van der Waals surface area (Å²) in [6.07, 6.45) is 55.4. The van der Waals surface area contributed by atoms with E-state index >= 15 is 0 Å². The van der Waals surface area contributed by atoms with Crippen LogP contribution in [0.4, 0.5) is 0 Å². The number of ether oxygens (including phenoxy) is 3. The summed E-state index contributed by atoms with van der Waals surface area (Å²) in [5.41, 5.74) is 0. The van der Waals surface area contributed by atoms with Gasteiger partial charge in [-0.25, -0.2) is 0 Å². The minimum Gasteiger partial charge on any atom is -0.462 e. The number of unbranched alkanes of at least 4 members (excludes halogenated alkanes) is 39. The normalized spacial score (nSPS) is 12.0. The predicted octanol–water partition coefficient (Wildman–Crippen LogP) is 18.6. The van der Waals surface area contributed by atoms with E-state index in [1.54, 1.807) is 0 Å². The van der Waals surface area contributed by atoms with Crippen molar-refractivity contribution in [2.75, 3.05) is 13.2 Å². The van der Waals surface area contributed by atoms with Crippen molar-refractivity contribution in [2.45, 2.75) is 329 Å². The van der Waals surface area contributed by atoms with Gasteiger partial charge in [-0.2, -0.15) is 0 Å². The van der Waals surface area contributed by atoms with Gasteiger partial charge in [0.25, 0.3) is 0 Å². The van der Waals surface area contributed by atoms with Gasteiger partial charge in [0.2, 0.25) is 0 Å². The van der Waals surface area contributed by atoms with Crippen molar-refractivity contribution in [2.24, 2.45) is 5.92 Å². The number of carbonyl (C=O) groups is 3. The van der Waals surface area contributed by atoms with Crippen molar-refractivity contribution < 1.29 is 28.6 Å². The zero-order valence-electron chi connectivity index (χ0n) is 43.0. The molecule has 0 saturated heterocycles. The highest BCUT2D eigenvalue weighted by atomic mass is 16.6. The molecule has 0 amide bonds. The zero-order valence-corrected chi connectivity index (χ0v) is 43.0. The molecule has 0 bridgehead atoms. The lowest BCUT2D eigenvalue weighted by Gasteiger charge is -2.18. The molecular weight excluding hydrogens is 781 g/mol. The molecule has 0 rings (SSSR count). The quantitative estimate of drug-likeness (QED) is 0.0344. The number of esters is 3. The maximum Gasteiger partial charge on any atom is 0.306 e. The van der Waals surface area contributed by atoms with Crippen LogP contribution in [0.5, 0.6) is 0 Å². The molecule has 63 heavy (non-hydrogen) atoms. The lowest BCUT2D eigenvalue weighted by molar-refractivity contribution is -0.167. The molecule has 0 N–H and O–H groups in total. The van der Waals surface area contributed by atoms with Crippen LogP contribution in [0.1, 0.15) is 323 Å². The maximum atomic E-state index is 12.8. The third-order valence-electron chi connectivity index (χ3n) is 13.0. The average Bonchev–Trinajstić information content (AvgIpc) is 3.27. The minimum absolute atomic E-state index is 0.0631. The number of hydrogen-bond donors (Lipinski definition) is 0. The summed E-state index contributed by atoms with van der Waals surface area (Å²) in [4.78, 5) is 38.0. The SMILES string of the molecule is CCCCCCCCCCCCCCCCCCCCC(=O)OC[C@H](COC(=O)CCCCCCCCCCCCCCCCCCC)OC(=O)CCCCCCCCCC(C)C. The van der Waals surface area contributed by atoms with Gasteiger partial charge in [0.15, 0.2) is 6.10 Å². The van der Waals surface area contributed by atoms with Gasteiger partial charge >= 0.3 is 17.9 Å². The lowest BCUT2D eigenvalue weighted by atomic mass is 10.0. The molecule has 0 aromatic rings. The third kappa shape index (κ3) is 51.3. The lowest BCUT2D eigenvalue weighted by Crippen LogP contribution is -2.30. The number of rotatable bonds is 52. The largest absolute Gasteiger partial charge is 0.462 e. The van der Waals surface area contributed by atoms with Gasteiger partial charge in [0, 0.05) is 19.3 Å². The van der Waals surface area contributed by atoms with Crippen molar-refractivity contribution in [1.82, 2.24) is 0 Å². The molecule has 0 unspecified atom stereocenters. The molecule has 6 nitrogen and oxygen atoms in total. The molecule has 0 spiro atoms. The Morgan fingerprint density at radius 2 is 0.524 bits per heavy atom.